The molecule has 0 spiro atoms. The summed E-state index contributed by atoms with van der Waals surface area (Å²) in [5.41, 5.74) is 1.48. The van der Waals surface area contributed by atoms with Gasteiger partial charge in [-0.05, 0) is 42.6 Å². The summed E-state index contributed by atoms with van der Waals surface area (Å²) < 4.78 is 27.0. The van der Waals surface area contributed by atoms with Crippen molar-refractivity contribution < 1.29 is 8.78 Å². The minimum Gasteiger partial charge on any atom is -0.314 e. The molecule has 1 N–H and O–H groups in total. The number of halogens is 2. The minimum absolute atomic E-state index is 0.0560. The summed E-state index contributed by atoms with van der Waals surface area (Å²) in [7, 11) is 0. The SMILES string of the molecule is CCNC(Cc1cccnc1)Cc1cccc(F)c1F. The Hall–Kier alpha value is -1.81. The van der Waals surface area contributed by atoms with Gasteiger partial charge in [-0.3, -0.25) is 4.98 Å². The number of hydrogen-bond acceptors (Lipinski definition) is 2. The molecule has 4 heteroatoms. The molecule has 2 nitrogen and oxygen atoms in total. The lowest BCUT2D eigenvalue weighted by Gasteiger charge is -2.18. The maximum Gasteiger partial charge on any atom is 0.162 e. The number of pyridine rings is 1. The molecule has 0 fully saturated rings. The lowest BCUT2D eigenvalue weighted by molar-refractivity contribution is 0.473. The van der Waals surface area contributed by atoms with Crippen LogP contribution in [-0.4, -0.2) is 17.6 Å². The second-order valence-corrected chi connectivity index (χ2v) is 4.74. The van der Waals surface area contributed by atoms with Crippen LogP contribution >= 0.6 is 0 Å². The molecule has 2 aromatic rings. The van der Waals surface area contributed by atoms with E-state index in [4.69, 9.17) is 0 Å². The van der Waals surface area contributed by atoms with E-state index in [0.29, 0.717) is 12.0 Å². The zero-order chi connectivity index (χ0) is 14.4. The van der Waals surface area contributed by atoms with Gasteiger partial charge in [-0.1, -0.05) is 25.1 Å². The highest BCUT2D eigenvalue weighted by atomic mass is 19.2. The number of nitrogens with zero attached hydrogens (tertiary/aromatic N) is 1. The third-order valence-electron chi connectivity index (χ3n) is 3.20. The predicted molar refractivity (Wildman–Crippen MR) is 75.5 cm³/mol. The fraction of sp³-hybridized carbons (Fsp3) is 0.312. The topological polar surface area (TPSA) is 24.9 Å². The van der Waals surface area contributed by atoms with Crippen LogP contribution in [0.2, 0.25) is 0 Å². The smallest absolute Gasteiger partial charge is 0.162 e. The molecule has 0 bridgehead atoms. The number of rotatable bonds is 6. The van der Waals surface area contributed by atoms with Crippen LogP contribution in [0.25, 0.3) is 0 Å². The van der Waals surface area contributed by atoms with Gasteiger partial charge in [0.15, 0.2) is 11.6 Å². The predicted octanol–water partition coefficient (Wildman–Crippen LogP) is 3.12. The van der Waals surface area contributed by atoms with Crippen molar-refractivity contribution in [2.75, 3.05) is 6.54 Å². The van der Waals surface area contributed by atoms with Crippen LogP contribution < -0.4 is 5.32 Å². The Kier molecular flexibility index (Phi) is 5.18. The van der Waals surface area contributed by atoms with E-state index in [-0.39, 0.29) is 6.04 Å². The average molecular weight is 276 g/mol. The number of nitrogens with one attached hydrogen (secondary N) is 1. The fourth-order valence-electron chi connectivity index (χ4n) is 2.28. The number of aromatic nitrogens is 1. The first-order valence-electron chi connectivity index (χ1n) is 6.76. The van der Waals surface area contributed by atoms with Crippen molar-refractivity contribution in [1.29, 1.82) is 0 Å². The lowest BCUT2D eigenvalue weighted by Crippen LogP contribution is -2.33. The normalized spacial score (nSPS) is 12.3. The molecule has 0 saturated carbocycles. The van der Waals surface area contributed by atoms with Crippen molar-refractivity contribution in [2.45, 2.75) is 25.8 Å². The zero-order valence-corrected chi connectivity index (χ0v) is 11.4. The summed E-state index contributed by atoms with van der Waals surface area (Å²) >= 11 is 0. The van der Waals surface area contributed by atoms with E-state index >= 15 is 0 Å². The van der Waals surface area contributed by atoms with Crippen molar-refractivity contribution in [1.82, 2.24) is 10.3 Å². The molecule has 2 rings (SSSR count). The molecule has 0 aliphatic carbocycles. The first kappa shape index (κ1) is 14.6. The second-order valence-electron chi connectivity index (χ2n) is 4.74. The zero-order valence-electron chi connectivity index (χ0n) is 11.4. The second kappa shape index (κ2) is 7.10. The van der Waals surface area contributed by atoms with E-state index in [1.165, 1.54) is 0 Å². The standard InChI is InChI=1S/C16H18F2N2/c1-2-20-14(9-12-5-4-8-19-11-12)10-13-6-3-7-15(17)16(13)18/h3-8,11,14,20H,2,9-10H2,1H3. The van der Waals surface area contributed by atoms with Gasteiger partial charge in [-0.25, -0.2) is 8.78 Å². The molecular formula is C16H18F2N2. The summed E-state index contributed by atoms with van der Waals surface area (Å²) in [6.07, 6.45) is 4.70. The molecule has 1 unspecified atom stereocenters. The maximum absolute atomic E-state index is 13.7. The Balaban J connectivity index is 2.11. The Morgan fingerprint density at radius 2 is 2.00 bits per heavy atom. The Bertz CT molecular complexity index is 543. The van der Waals surface area contributed by atoms with Crippen LogP contribution in [-0.2, 0) is 12.8 Å². The Morgan fingerprint density at radius 3 is 2.70 bits per heavy atom. The van der Waals surface area contributed by atoms with Crippen LogP contribution in [0.5, 0.6) is 0 Å². The highest BCUT2D eigenvalue weighted by Gasteiger charge is 2.14. The molecule has 0 saturated heterocycles. The summed E-state index contributed by atoms with van der Waals surface area (Å²) in [6.45, 7) is 2.78. The number of benzene rings is 1. The molecular weight excluding hydrogens is 258 g/mol. The molecule has 1 heterocycles. The van der Waals surface area contributed by atoms with Crippen LogP contribution in [0.1, 0.15) is 18.1 Å². The summed E-state index contributed by atoms with van der Waals surface area (Å²) in [5.74, 6) is -1.54. The summed E-state index contributed by atoms with van der Waals surface area (Å²) in [6, 6.07) is 8.23. The van der Waals surface area contributed by atoms with Gasteiger partial charge in [-0.15, -0.1) is 0 Å². The molecule has 0 radical (unpaired) electrons. The first-order valence-corrected chi connectivity index (χ1v) is 6.76. The van der Waals surface area contributed by atoms with Crippen LogP contribution in [0, 0.1) is 11.6 Å². The van der Waals surface area contributed by atoms with Crippen molar-refractivity contribution >= 4 is 0 Å². The summed E-state index contributed by atoms with van der Waals surface area (Å²) in [5, 5.41) is 3.31. The summed E-state index contributed by atoms with van der Waals surface area (Å²) in [4.78, 5) is 4.07. The number of hydrogen-bond donors (Lipinski definition) is 1. The first-order chi connectivity index (χ1) is 9.70. The van der Waals surface area contributed by atoms with E-state index in [1.807, 2.05) is 19.1 Å². The largest absolute Gasteiger partial charge is 0.314 e. The average Bonchev–Trinajstić information content (AvgIpc) is 2.45. The Morgan fingerprint density at radius 1 is 1.15 bits per heavy atom. The van der Waals surface area contributed by atoms with Gasteiger partial charge in [0, 0.05) is 18.4 Å². The quantitative estimate of drug-likeness (QED) is 0.877. The highest BCUT2D eigenvalue weighted by molar-refractivity contribution is 5.21. The van der Waals surface area contributed by atoms with Gasteiger partial charge in [0.05, 0.1) is 0 Å². The van der Waals surface area contributed by atoms with Gasteiger partial charge < -0.3 is 5.32 Å². The van der Waals surface area contributed by atoms with E-state index in [1.54, 1.807) is 24.5 Å². The maximum atomic E-state index is 13.7. The molecule has 0 aliphatic rings. The van der Waals surface area contributed by atoms with Crippen molar-refractivity contribution in [2.24, 2.45) is 0 Å². The van der Waals surface area contributed by atoms with Gasteiger partial charge in [0.25, 0.3) is 0 Å². The van der Waals surface area contributed by atoms with Crippen molar-refractivity contribution in [3.8, 4) is 0 Å². The fourth-order valence-corrected chi connectivity index (χ4v) is 2.28. The molecule has 20 heavy (non-hydrogen) atoms. The molecule has 1 aromatic heterocycles. The van der Waals surface area contributed by atoms with Gasteiger partial charge in [0.2, 0.25) is 0 Å². The van der Waals surface area contributed by atoms with Crippen LogP contribution in [0.3, 0.4) is 0 Å². The van der Waals surface area contributed by atoms with E-state index in [2.05, 4.69) is 10.3 Å². The molecule has 0 aliphatic heterocycles. The van der Waals surface area contributed by atoms with Gasteiger partial charge in [-0.2, -0.15) is 0 Å². The van der Waals surface area contributed by atoms with Crippen LogP contribution in [0.4, 0.5) is 8.78 Å². The molecule has 1 aromatic carbocycles. The van der Waals surface area contributed by atoms with Crippen LogP contribution in [0.15, 0.2) is 42.7 Å². The Labute approximate surface area is 117 Å². The van der Waals surface area contributed by atoms with Crippen molar-refractivity contribution in [3.05, 3.63) is 65.5 Å². The highest BCUT2D eigenvalue weighted by Crippen LogP contribution is 2.15. The molecule has 106 valence electrons. The van der Waals surface area contributed by atoms with Gasteiger partial charge >= 0.3 is 0 Å². The third kappa shape index (κ3) is 3.84. The van der Waals surface area contributed by atoms with Crippen molar-refractivity contribution in [3.63, 3.8) is 0 Å². The van der Waals surface area contributed by atoms with Gasteiger partial charge in [0.1, 0.15) is 0 Å². The molecule has 1 atom stereocenters. The minimum atomic E-state index is -0.792. The third-order valence-corrected chi connectivity index (χ3v) is 3.20. The number of likely N-dealkylation sites (N-methyl/N-ethyl adjacent to an activating group) is 1. The van der Waals surface area contributed by atoms with E-state index < -0.39 is 11.6 Å². The molecule has 0 amide bonds. The monoisotopic (exact) mass is 276 g/mol. The lowest BCUT2D eigenvalue weighted by atomic mass is 9.99. The van der Waals surface area contributed by atoms with E-state index in [9.17, 15) is 8.78 Å². The van der Waals surface area contributed by atoms with E-state index in [0.717, 1.165) is 24.6 Å².